The van der Waals surface area contributed by atoms with Crippen LogP contribution >= 0.6 is 0 Å². The number of carbonyl (C=O) groups is 1. The van der Waals surface area contributed by atoms with E-state index >= 15 is 0 Å². The van der Waals surface area contributed by atoms with Crippen molar-refractivity contribution in [1.82, 2.24) is 0 Å². The predicted molar refractivity (Wildman–Crippen MR) is 37.9 cm³/mol. The van der Waals surface area contributed by atoms with Crippen LogP contribution in [0.15, 0.2) is 11.3 Å². The molecule has 0 atom stereocenters. The molecule has 2 N–H and O–H groups in total. The first-order valence-electron chi connectivity index (χ1n) is 3.21. The number of carboxylic acids is 1. The van der Waals surface area contributed by atoms with E-state index in [0.717, 1.165) is 6.42 Å². The molecule has 0 aromatic rings. The van der Waals surface area contributed by atoms with E-state index in [-0.39, 0.29) is 11.3 Å². The fourth-order valence-electron chi connectivity index (χ4n) is 0.548. The molecule has 0 unspecified atom stereocenters. The Hall–Kier alpha value is -0.990. The Balaban J connectivity index is 4.19. The third kappa shape index (κ3) is 2.53. The molecule has 58 valence electrons. The molecule has 0 fully saturated rings. The summed E-state index contributed by atoms with van der Waals surface area (Å²) in [5.41, 5.74) is 0.0434. The van der Waals surface area contributed by atoms with E-state index in [0.29, 0.717) is 6.42 Å². The van der Waals surface area contributed by atoms with Crippen LogP contribution in [-0.4, -0.2) is 16.2 Å². The van der Waals surface area contributed by atoms with Crippen molar-refractivity contribution in [2.24, 2.45) is 0 Å². The van der Waals surface area contributed by atoms with Gasteiger partial charge in [-0.15, -0.1) is 0 Å². The van der Waals surface area contributed by atoms with Crippen molar-refractivity contribution in [3.05, 3.63) is 11.3 Å². The van der Waals surface area contributed by atoms with Gasteiger partial charge in [0.1, 0.15) is 5.76 Å². The minimum atomic E-state index is -1.05. The highest BCUT2D eigenvalue weighted by molar-refractivity contribution is 5.86. The Bertz CT molecular complexity index is 158. The Morgan fingerprint density at radius 2 is 1.90 bits per heavy atom. The molecule has 0 bridgehead atoms. The van der Waals surface area contributed by atoms with E-state index in [1.54, 1.807) is 0 Å². The molecule has 0 saturated heterocycles. The summed E-state index contributed by atoms with van der Waals surface area (Å²) in [5.74, 6) is -1.07. The van der Waals surface area contributed by atoms with Crippen molar-refractivity contribution in [3.8, 4) is 0 Å². The molecule has 3 nitrogen and oxygen atoms in total. The maximum absolute atomic E-state index is 10.2. The van der Waals surface area contributed by atoms with Gasteiger partial charge in [0.15, 0.2) is 0 Å². The summed E-state index contributed by atoms with van der Waals surface area (Å²) in [6.45, 7) is 3.28. The SMILES string of the molecule is CCC/C(O)=C(\C)C(=O)O. The summed E-state index contributed by atoms with van der Waals surface area (Å²) in [5, 5.41) is 17.3. The summed E-state index contributed by atoms with van der Waals surface area (Å²) in [7, 11) is 0. The molecule has 0 aromatic heterocycles. The lowest BCUT2D eigenvalue weighted by Gasteiger charge is -1.98. The van der Waals surface area contributed by atoms with Crippen molar-refractivity contribution in [1.29, 1.82) is 0 Å². The zero-order valence-electron chi connectivity index (χ0n) is 6.22. The van der Waals surface area contributed by atoms with Crippen LogP contribution in [0.1, 0.15) is 26.7 Å². The van der Waals surface area contributed by atoms with E-state index in [1.807, 2.05) is 6.92 Å². The third-order valence-corrected chi connectivity index (χ3v) is 1.24. The Morgan fingerprint density at radius 3 is 2.20 bits per heavy atom. The second-order valence-corrected chi connectivity index (χ2v) is 2.13. The summed E-state index contributed by atoms with van der Waals surface area (Å²) in [6, 6.07) is 0. The zero-order chi connectivity index (χ0) is 8.15. The summed E-state index contributed by atoms with van der Waals surface area (Å²) in [6.07, 6.45) is 1.20. The number of hydrogen-bond acceptors (Lipinski definition) is 2. The van der Waals surface area contributed by atoms with Crippen LogP contribution in [0.2, 0.25) is 0 Å². The molecular formula is C7H12O3. The van der Waals surface area contributed by atoms with Gasteiger partial charge in [0, 0.05) is 6.42 Å². The van der Waals surface area contributed by atoms with Gasteiger partial charge in [-0.25, -0.2) is 4.79 Å². The molecule has 0 aromatic carbocycles. The van der Waals surface area contributed by atoms with E-state index < -0.39 is 5.97 Å². The zero-order valence-corrected chi connectivity index (χ0v) is 6.22. The molecule has 0 aliphatic carbocycles. The van der Waals surface area contributed by atoms with Crippen LogP contribution in [0.3, 0.4) is 0 Å². The molecule has 0 heterocycles. The van der Waals surface area contributed by atoms with Gasteiger partial charge in [-0.2, -0.15) is 0 Å². The fraction of sp³-hybridized carbons (Fsp3) is 0.571. The van der Waals surface area contributed by atoms with E-state index in [4.69, 9.17) is 10.2 Å². The topological polar surface area (TPSA) is 57.5 Å². The minimum absolute atomic E-state index is 0.0185. The average molecular weight is 144 g/mol. The Labute approximate surface area is 60.0 Å². The number of carboxylic acid groups (broad SMARTS) is 1. The highest BCUT2D eigenvalue weighted by Gasteiger charge is 2.05. The maximum atomic E-state index is 10.2. The number of allylic oxidation sites excluding steroid dienone is 1. The lowest BCUT2D eigenvalue weighted by Crippen LogP contribution is -2.00. The second kappa shape index (κ2) is 3.93. The molecule has 0 aliphatic heterocycles. The van der Waals surface area contributed by atoms with Crippen molar-refractivity contribution < 1.29 is 15.0 Å². The molecule has 3 heteroatoms. The van der Waals surface area contributed by atoms with Crippen molar-refractivity contribution in [2.45, 2.75) is 26.7 Å². The lowest BCUT2D eigenvalue weighted by atomic mass is 10.2. The van der Waals surface area contributed by atoms with Crippen LogP contribution in [0.5, 0.6) is 0 Å². The number of aliphatic hydroxyl groups is 1. The summed E-state index contributed by atoms with van der Waals surface area (Å²) >= 11 is 0. The molecule has 0 spiro atoms. The average Bonchev–Trinajstić information content (AvgIpc) is 1.87. The standard InChI is InChI=1S/C7H12O3/c1-3-4-6(8)5(2)7(9)10/h8H,3-4H2,1-2H3,(H,9,10)/b6-5-. The molecule has 0 aliphatic rings. The Kier molecular flexibility index (Phi) is 3.54. The highest BCUT2D eigenvalue weighted by atomic mass is 16.4. The monoisotopic (exact) mass is 144 g/mol. The highest BCUT2D eigenvalue weighted by Crippen LogP contribution is 2.06. The van der Waals surface area contributed by atoms with Crippen LogP contribution in [0.4, 0.5) is 0 Å². The smallest absolute Gasteiger partial charge is 0.334 e. The minimum Gasteiger partial charge on any atom is -0.512 e. The van der Waals surface area contributed by atoms with Crippen LogP contribution in [-0.2, 0) is 4.79 Å². The first kappa shape index (κ1) is 9.01. The Morgan fingerprint density at radius 1 is 1.40 bits per heavy atom. The van der Waals surface area contributed by atoms with E-state index in [9.17, 15) is 4.79 Å². The quantitative estimate of drug-likeness (QED) is 0.468. The second-order valence-electron chi connectivity index (χ2n) is 2.13. The molecule has 0 radical (unpaired) electrons. The predicted octanol–water partition coefficient (Wildman–Crippen LogP) is 1.70. The van der Waals surface area contributed by atoms with Gasteiger partial charge in [-0.3, -0.25) is 0 Å². The van der Waals surface area contributed by atoms with Crippen LogP contribution < -0.4 is 0 Å². The maximum Gasteiger partial charge on any atom is 0.334 e. The lowest BCUT2D eigenvalue weighted by molar-refractivity contribution is -0.132. The van der Waals surface area contributed by atoms with Gasteiger partial charge in [-0.05, 0) is 13.3 Å². The van der Waals surface area contributed by atoms with Gasteiger partial charge >= 0.3 is 5.97 Å². The molecule has 0 amide bonds. The number of aliphatic carboxylic acids is 1. The van der Waals surface area contributed by atoms with E-state index in [1.165, 1.54) is 6.92 Å². The summed E-state index contributed by atoms with van der Waals surface area (Å²) in [4.78, 5) is 10.2. The van der Waals surface area contributed by atoms with Gasteiger partial charge in [0.2, 0.25) is 0 Å². The normalized spacial score (nSPS) is 12.6. The first-order chi connectivity index (χ1) is 4.59. The van der Waals surface area contributed by atoms with Crippen LogP contribution in [0, 0.1) is 0 Å². The van der Waals surface area contributed by atoms with Gasteiger partial charge in [0.25, 0.3) is 0 Å². The molecule has 0 saturated carbocycles. The number of hydrogen-bond donors (Lipinski definition) is 2. The largest absolute Gasteiger partial charge is 0.512 e. The van der Waals surface area contributed by atoms with Crippen molar-refractivity contribution in [3.63, 3.8) is 0 Å². The van der Waals surface area contributed by atoms with Crippen molar-refractivity contribution in [2.75, 3.05) is 0 Å². The third-order valence-electron chi connectivity index (χ3n) is 1.24. The number of rotatable bonds is 3. The fourth-order valence-corrected chi connectivity index (χ4v) is 0.548. The van der Waals surface area contributed by atoms with Gasteiger partial charge in [0.05, 0.1) is 5.57 Å². The van der Waals surface area contributed by atoms with Crippen molar-refractivity contribution >= 4 is 5.97 Å². The molecule has 0 rings (SSSR count). The van der Waals surface area contributed by atoms with Gasteiger partial charge in [-0.1, -0.05) is 6.92 Å². The molecular weight excluding hydrogens is 132 g/mol. The van der Waals surface area contributed by atoms with E-state index in [2.05, 4.69) is 0 Å². The summed E-state index contributed by atoms with van der Waals surface area (Å²) < 4.78 is 0. The number of aliphatic hydroxyl groups excluding tert-OH is 1. The van der Waals surface area contributed by atoms with Crippen LogP contribution in [0.25, 0.3) is 0 Å². The molecule has 10 heavy (non-hydrogen) atoms. The van der Waals surface area contributed by atoms with Gasteiger partial charge < -0.3 is 10.2 Å². The first-order valence-corrected chi connectivity index (χ1v) is 3.21.